The van der Waals surface area contributed by atoms with E-state index in [-0.39, 0.29) is 17.9 Å². The van der Waals surface area contributed by atoms with E-state index in [9.17, 15) is 4.79 Å². The highest BCUT2D eigenvalue weighted by Gasteiger charge is 2.36. The summed E-state index contributed by atoms with van der Waals surface area (Å²) in [6, 6.07) is 5.47. The zero-order valence-corrected chi connectivity index (χ0v) is 13.6. The van der Waals surface area contributed by atoms with Crippen molar-refractivity contribution >= 4 is 34.8 Å². The van der Waals surface area contributed by atoms with Crippen molar-refractivity contribution in [3.05, 3.63) is 28.2 Å². The van der Waals surface area contributed by atoms with Gasteiger partial charge in [-0.3, -0.25) is 4.79 Å². The Morgan fingerprint density at radius 3 is 2.45 bits per heavy atom. The van der Waals surface area contributed by atoms with Crippen LogP contribution in [0.25, 0.3) is 0 Å². The molecule has 3 nitrogen and oxygen atoms in total. The molecular formula is C15H20Cl2N2O. The van der Waals surface area contributed by atoms with E-state index in [1.807, 2.05) is 25.1 Å². The number of halogens is 2. The second-order valence-electron chi connectivity index (χ2n) is 5.69. The van der Waals surface area contributed by atoms with E-state index in [2.05, 4.69) is 11.8 Å². The largest absolute Gasteiger partial charge is 0.308 e. The molecule has 1 aliphatic carbocycles. The second kappa shape index (κ2) is 6.33. The number of carbonyl (C=O) groups is 1. The van der Waals surface area contributed by atoms with Crippen molar-refractivity contribution < 1.29 is 4.79 Å². The highest BCUT2D eigenvalue weighted by atomic mass is 35.5. The van der Waals surface area contributed by atoms with Gasteiger partial charge in [0.25, 0.3) is 0 Å². The maximum atomic E-state index is 12.6. The van der Waals surface area contributed by atoms with Crippen molar-refractivity contribution in [1.82, 2.24) is 4.90 Å². The number of likely N-dealkylation sites (N-methyl/N-ethyl adjacent to an activating group) is 1. The van der Waals surface area contributed by atoms with Gasteiger partial charge in [0.1, 0.15) is 0 Å². The van der Waals surface area contributed by atoms with E-state index in [1.54, 1.807) is 12.1 Å². The Morgan fingerprint density at radius 1 is 1.30 bits per heavy atom. The lowest BCUT2D eigenvalue weighted by Gasteiger charge is -2.31. The summed E-state index contributed by atoms with van der Waals surface area (Å²) in [6.45, 7) is 2.86. The maximum Gasteiger partial charge on any atom is 0.230 e. The Bertz CT molecular complexity index is 501. The molecule has 0 aromatic heterocycles. The van der Waals surface area contributed by atoms with E-state index in [0.29, 0.717) is 10.0 Å². The predicted molar refractivity (Wildman–Crippen MR) is 84.7 cm³/mol. The minimum absolute atomic E-state index is 0.0929. The summed E-state index contributed by atoms with van der Waals surface area (Å²) in [5.41, 5.74) is 0.825. The fraction of sp³-hybridized carbons (Fsp3) is 0.533. The van der Waals surface area contributed by atoms with Crippen molar-refractivity contribution in [3.63, 3.8) is 0 Å². The fourth-order valence-corrected chi connectivity index (χ4v) is 2.66. The quantitative estimate of drug-likeness (QED) is 0.827. The van der Waals surface area contributed by atoms with Gasteiger partial charge >= 0.3 is 0 Å². The molecule has 0 spiro atoms. The summed E-state index contributed by atoms with van der Waals surface area (Å²) in [5.74, 6) is 0.367. The number of hydrogen-bond donors (Lipinski definition) is 0. The summed E-state index contributed by atoms with van der Waals surface area (Å²) in [6.07, 6.45) is 1.98. The van der Waals surface area contributed by atoms with E-state index in [1.165, 1.54) is 0 Å². The van der Waals surface area contributed by atoms with E-state index in [4.69, 9.17) is 23.2 Å². The van der Waals surface area contributed by atoms with E-state index < -0.39 is 0 Å². The molecule has 1 aliphatic rings. The van der Waals surface area contributed by atoms with Crippen LogP contribution in [-0.4, -0.2) is 37.5 Å². The first-order chi connectivity index (χ1) is 9.40. The number of benzene rings is 1. The van der Waals surface area contributed by atoms with Crippen LogP contribution in [0.15, 0.2) is 18.2 Å². The van der Waals surface area contributed by atoms with Crippen molar-refractivity contribution in [1.29, 1.82) is 0 Å². The molecule has 0 saturated heterocycles. The summed E-state index contributed by atoms with van der Waals surface area (Å²) < 4.78 is 0. The molecule has 5 heteroatoms. The second-order valence-corrected chi connectivity index (χ2v) is 6.51. The van der Waals surface area contributed by atoms with Gasteiger partial charge in [-0.1, -0.05) is 23.2 Å². The number of hydrogen-bond acceptors (Lipinski definition) is 2. The van der Waals surface area contributed by atoms with E-state index in [0.717, 1.165) is 25.1 Å². The van der Waals surface area contributed by atoms with Crippen LogP contribution in [0.1, 0.15) is 19.8 Å². The predicted octanol–water partition coefficient (Wildman–Crippen LogP) is 3.69. The molecule has 0 aliphatic heterocycles. The molecule has 1 atom stereocenters. The average Bonchev–Trinajstić information content (AvgIpc) is 3.17. The number of anilines is 1. The SMILES string of the molecule is CC(CN(C)C)N(C(=O)C1CC1)c1ccc(Cl)c(Cl)c1. The summed E-state index contributed by atoms with van der Waals surface area (Å²) >= 11 is 12.0. The first-order valence-electron chi connectivity index (χ1n) is 6.83. The van der Waals surface area contributed by atoms with Crippen LogP contribution < -0.4 is 4.90 Å². The van der Waals surface area contributed by atoms with Gasteiger partial charge < -0.3 is 9.80 Å². The third kappa shape index (κ3) is 3.66. The third-order valence-electron chi connectivity index (χ3n) is 3.42. The van der Waals surface area contributed by atoms with Crippen LogP contribution in [0.2, 0.25) is 10.0 Å². The molecule has 0 radical (unpaired) electrons. The molecule has 20 heavy (non-hydrogen) atoms. The maximum absolute atomic E-state index is 12.6. The minimum Gasteiger partial charge on any atom is -0.308 e. The van der Waals surface area contributed by atoms with Crippen molar-refractivity contribution in [3.8, 4) is 0 Å². The first-order valence-corrected chi connectivity index (χ1v) is 7.58. The monoisotopic (exact) mass is 314 g/mol. The number of rotatable bonds is 5. The molecule has 2 rings (SSSR count). The van der Waals surface area contributed by atoms with Crippen LogP contribution >= 0.6 is 23.2 Å². The Labute approximate surface area is 130 Å². The highest BCUT2D eigenvalue weighted by molar-refractivity contribution is 6.42. The Morgan fingerprint density at radius 2 is 1.95 bits per heavy atom. The summed E-state index contributed by atoms with van der Waals surface area (Å²) in [4.78, 5) is 16.5. The summed E-state index contributed by atoms with van der Waals surface area (Å²) in [7, 11) is 4.01. The Kier molecular flexibility index (Phi) is 4.95. The molecule has 0 bridgehead atoms. The van der Waals surface area contributed by atoms with Gasteiger partial charge in [0, 0.05) is 24.2 Å². The first kappa shape index (κ1) is 15.6. The molecule has 0 N–H and O–H groups in total. The van der Waals surface area contributed by atoms with Crippen LogP contribution in [0, 0.1) is 5.92 Å². The van der Waals surface area contributed by atoms with Crippen LogP contribution in [0.4, 0.5) is 5.69 Å². The molecule has 1 unspecified atom stereocenters. The molecule has 1 saturated carbocycles. The molecule has 1 aromatic rings. The van der Waals surface area contributed by atoms with Gasteiger partial charge in [0.15, 0.2) is 0 Å². The lowest BCUT2D eigenvalue weighted by atomic mass is 10.2. The molecule has 1 amide bonds. The Balaban J connectivity index is 2.29. The van der Waals surface area contributed by atoms with Gasteiger partial charge in [-0.15, -0.1) is 0 Å². The number of amides is 1. The fourth-order valence-electron chi connectivity index (χ4n) is 2.37. The topological polar surface area (TPSA) is 23.6 Å². The smallest absolute Gasteiger partial charge is 0.230 e. The van der Waals surface area contributed by atoms with Crippen LogP contribution in [0.5, 0.6) is 0 Å². The number of carbonyl (C=O) groups excluding carboxylic acids is 1. The zero-order chi connectivity index (χ0) is 14.9. The number of nitrogens with zero attached hydrogens (tertiary/aromatic N) is 2. The highest BCUT2D eigenvalue weighted by Crippen LogP contribution is 2.35. The van der Waals surface area contributed by atoms with Crippen molar-refractivity contribution in [2.45, 2.75) is 25.8 Å². The molecule has 110 valence electrons. The standard InChI is InChI=1S/C15H20Cl2N2O/c1-10(9-18(2)3)19(15(20)11-4-5-11)12-6-7-13(16)14(17)8-12/h6-8,10-11H,4-5,9H2,1-3H3. The van der Waals surface area contributed by atoms with Crippen molar-refractivity contribution in [2.24, 2.45) is 5.92 Å². The lowest BCUT2D eigenvalue weighted by molar-refractivity contribution is -0.120. The van der Waals surface area contributed by atoms with Gasteiger partial charge in [0.05, 0.1) is 10.0 Å². The van der Waals surface area contributed by atoms with E-state index >= 15 is 0 Å². The average molecular weight is 315 g/mol. The molecule has 0 heterocycles. The normalized spacial score (nSPS) is 16.3. The van der Waals surface area contributed by atoms with Crippen LogP contribution in [0.3, 0.4) is 0 Å². The van der Waals surface area contributed by atoms with Gasteiger partial charge in [-0.05, 0) is 52.1 Å². The molecular weight excluding hydrogens is 295 g/mol. The van der Waals surface area contributed by atoms with Crippen LogP contribution in [-0.2, 0) is 4.79 Å². The third-order valence-corrected chi connectivity index (χ3v) is 4.15. The van der Waals surface area contributed by atoms with Gasteiger partial charge in [-0.25, -0.2) is 0 Å². The van der Waals surface area contributed by atoms with Crippen molar-refractivity contribution in [2.75, 3.05) is 25.5 Å². The minimum atomic E-state index is 0.0929. The Hall–Kier alpha value is -0.770. The lowest BCUT2D eigenvalue weighted by Crippen LogP contribution is -2.44. The zero-order valence-electron chi connectivity index (χ0n) is 12.1. The van der Waals surface area contributed by atoms with Gasteiger partial charge in [-0.2, -0.15) is 0 Å². The summed E-state index contributed by atoms with van der Waals surface area (Å²) in [5, 5.41) is 0.990. The van der Waals surface area contributed by atoms with Gasteiger partial charge in [0.2, 0.25) is 5.91 Å². The molecule has 1 fully saturated rings. The molecule has 1 aromatic carbocycles.